The highest BCUT2D eigenvalue weighted by Crippen LogP contribution is 2.26. The predicted octanol–water partition coefficient (Wildman–Crippen LogP) is 3.79. The van der Waals surface area contributed by atoms with Gasteiger partial charge in [-0.15, -0.1) is 0 Å². The quantitative estimate of drug-likeness (QED) is 0.520. The fourth-order valence-electron chi connectivity index (χ4n) is 3.56. The van der Waals surface area contributed by atoms with Crippen LogP contribution in [0, 0.1) is 10.1 Å². The number of aromatic nitrogens is 2. The number of benzene rings is 1. The number of non-ortho nitro benzene ring substituents is 1. The molecule has 0 spiro atoms. The molecule has 4 rings (SSSR count). The van der Waals surface area contributed by atoms with Crippen molar-refractivity contribution in [2.24, 2.45) is 0 Å². The number of hydrogen-bond donors (Lipinski definition) is 1. The first-order valence-corrected chi connectivity index (χ1v) is 9.89. The summed E-state index contributed by atoms with van der Waals surface area (Å²) < 4.78 is 5.94. The number of nitrogens with zero attached hydrogens (tertiary/aromatic N) is 3. The molecule has 0 radical (unpaired) electrons. The molecule has 1 aromatic carbocycles. The Morgan fingerprint density at radius 2 is 1.93 bits per heavy atom. The normalized spacial score (nSPS) is 14.5. The largest absolute Gasteiger partial charge is 0.460 e. The van der Waals surface area contributed by atoms with Gasteiger partial charge in [-0.2, -0.15) is 0 Å². The third-order valence-corrected chi connectivity index (χ3v) is 5.26. The molecule has 0 saturated carbocycles. The highest BCUT2D eigenvalue weighted by Gasteiger charge is 2.25. The zero-order chi connectivity index (χ0) is 21.5. The van der Waals surface area contributed by atoms with Gasteiger partial charge in [-0.25, -0.2) is 4.98 Å². The average Bonchev–Trinajstić information content (AvgIpc) is 3.16. The third kappa shape index (κ3) is 4.04. The van der Waals surface area contributed by atoms with Gasteiger partial charge in [0.05, 0.1) is 22.7 Å². The fraction of sp³-hybridized carbons (Fsp3) is 0.364. The molecule has 0 amide bonds. The molecule has 8 heteroatoms. The lowest BCUT2D eigenvalue weighted by Crippen LogP contribution is -2.37. The number of rotatable bonds is 4. The van der Waals surface area contributed by atoms with Crippen LogP contribution in [0.15, 0.2) is 45.6 Å². The molecule has 1 aliphatic rings. The highest BCUT2D eigenvalue weighted by atomic mass is 16.6. The summed E-state index contributed by atoms with van der Waals surface area (Å²) in [6, 6.07) is 10.0. The van der Waals surface area contributed by atoms with Crippen molar-refractivity contribution in [3.05, 3.63) is 79.7 Å². The minimum Gasteiger partial charge on any atom is -0.460 e. The van der Waals surface area contributed by atoms with Gasteiger partial charge in [0.1, 0.15) is 17.3 Å². The van der Waals surface area contributed by atoms with E-state index in [1.54, 1.807) is 12.1 Å². The van der Waals surface area contributed by atoms with Crippen molar-refractivity contribution in [2.45, 2.75) is 45.7 Å². The van der Waals surface area contributed by atoms with E-state index in [-0.39, 0.29) is 16.7 Å². The molecular formula is C22H24N4O4. The van der Waals surface area contributed by atoms with Crippen LogP contribution in [0.1, 0.15) is 43.6 Å². The minimum absolute atomic E-state index is 0.0472. The van der Waals surface area contributed by atoms with E-state index < -0.39 is 4.92 Å². The first-order valence-electron chi connectivity index (χ1n) is 9.89. The van der Waals surface area contributed by atoms with Gasteiger partial charge in [-0.1, -0.05) is 20.8 Å². The van der Waals surface area contributed by atoms with E-state index in [0.717, 1.165) is 41.4 Å². The predicted molar refractivity (Wildman–Crippen MR) is 112 cm³/mol. The van der Waals surface area contributed by atoms with Crippen LogP contribution in [0.25, 0.3) is 11.3 Å². The highest BCUT2D eigenvalue weighted by molar-refractivity contribution is 5.59. The van der Waals surface area contributed by atoms with E-state index in [1.807, 2.05) is 32.9 Å². The van der Waals surface area contributed by atoms with E-state index in [4.69, 9.17) is 9.40 Å². The lowest BCUT2D eigenvalue weighted by Gasteiger charge is -2.28. The van der Waals surface area contributed by atoms with Crippen LogP contribution in [-0.4, -0.2) is 26.3 Å². The van der Waals surface area contributed by atoms with Crippen molar-refractivity contribution in [2.75, 3.05) is 6.54 Å². The van der Waals surface area contributed by atoms with Gasteiger partial charge in [-0.3, -0.25) is 19.8 Å². The number of aromatic amines is 1. The molecule has 8 nitrogen and oxygen atoms in total. The van der Waals surface area contributed by atoms with Gasteiger partial charge >= 0.3 is 0 Å². The molecule has 30 heavy (non-hydrogen) atoms. The lowest BCUT2D eigenvalue weighted by molar-refractivity contribution is -0.384. The number of furan rings is 1. The standard InChI is InChI=1S/C22H24N4O4/c1-22(2,3)21-23-18-10-11-25(13-17(18)20(27)24-21)12-16-8-9-19(30-16)14-4-6-15(7-5-14)26(28)29/h4-9H,10-13H2,1-3H3,(H,23,24,27). The molecular weight excluding hydrogens is 384 g/mol. The second-order valence-electron chi connectivity index (χ2n) is 8.62. The van der Waals surface area contributed by atoms with Crippen LogP contribution in [-0.2, 0) is 24.9 Å². The van der Waals surface area contributed by atoms with E-state index in [1.165, 1.54) is 12.1 Å². The number of nitro groups is 1. The number of H-pyrrole nitrogens is 1. The van der Waals surface area contributed by atoms with E-state index in [2.05, 4.69) is 9.88 Å². The molecule has 1 aliphatic heterocycles. The van der Waals surface area contributed by atoms with Crippen molar-refractivity contribution in [1.29, 1.82) is 0 Å². The molecule has 0 unspecified atom stereocenters. The molecule has 3 heterocycles. The number of nitro benzene ring substituents is 1. The van der Waals surface area contributed by atoms with Gasteiger partial charge in [0, 0.05) is 42.6 Å². The zero-order valence-electron chi connectivity index (χ0n) is 17.3. The van der Waals surface area contributed by atoms with Crippen molar-refractivity contribution in [1.82, 2.24) is 14.9 Å². The monoisotopic (exact) mass is 408 g/mol. The van der Waals surface area contributed by atoms with E-state index in [0.29, 0.717) is 18.8 Å². The summed E-state index contributed by atoms with van der Waals surface area (Å²) in [4.78, 5) is 32.8. The summed E-state index contributed by atoms with van der Waals surface area (Å²) >= 11 is 0. The molecule has 0 bridgehead atoms. The first-order chi connectivity index (χ1) is 14.2. The van der Waals surface area contributed by atoms with Crippen LogP contribution >= 0.6 is 0 Å². The maximum atomic E-state index is 12.6. The second kappa shape index (κ2) is 7.53. The number of fused-ring (bicyclic) bond motifs is 1. The van der Waals surface area contributed by atoms with Crippen molar-refractivity contribution >= 4 is 5.69 Å². The Balaban J connectivity index is 1.48. The summed E-state index contributed by atoms with van der Waals surface area (Å²) in [7, 11) is 0. The number of nitrogens with one attached hydrogen (secondary N) is 1. The zero-order valence-corrected chi connectivity index (χ0v) is 17.3. The Hall–Kier alpha value is -3.26. The summed E-state index contributed by atoms with van der Waals surface area (Å²) in [6.07, 6.45) is 0.720. The topological polar surface area (TPSA) is 105 Å². The molecule has 3 aromatic rings. The van der Waals surface area contributed by atoms with Crippen molar-refractivity contribution in [3.63, 3.8) is 0 Å². The van der Waals surface area contributed by atoms with Crippen LogP contribution in [0.5, 0.6) is 0 Å². The summed E-state index contributed by atoms with van der Waals surface area (Å²) in [5.41, 5.74) is 2.16. The fourth-order valence-corrected chi connectivity index (χ4v) is 3.56. The van der Waals surface area contributed by atoms with Gasteiger partial charge in [-0.05, 0) is 24.3 Å². The Kier molecular flexibility index (Phi) is 5.03. The Bertz CT molecular complexity index is 1140. The molecule has 2 aromatic heterocycles. The molecule has 156 valence electrons. The Morgan fingerprint density at radius 1 is 1.20 bits per heavy atom. The molecule has 0 fully saturated rings. The van der Waals surface area contributed by atoms with E-state index >= 15 is 0 Å². The molecule has 0 saturated heterocycles. The molecule has 0 aliphatic carbocycles. The van der Waals surface area contributed by atoms with Gasteiger partial charge in [0.15, 0.2) is 0 Å². The smallest absolute Gasteiger partial charge is 0.269 e. The van der Waals surface area contributed by atoms with Crippen LogP contribution < -0.4 is 5.56 Å². The third-order valence-electron chi connectivity index (χ3n) is 5.26. The van der Waals surface area contributed by atoms with Crippen LogP contribution in [0.2, 0.25) is 0 Å². The summed E-state index contributed by atoms with van der Waals surface area (Å²) in [5.74, 6) is 2.16. The van der Waals surface area contributed by atoms with Gasteiger partial charge < -0.3 is 9.40 Å². The minimum atomic E-state index is -0.424. The van der Waals surface area contributed by atoms with E-state index in [9.17, 15) is 14.9 Å². The average molecular weight is 408 g/mol. The van der Waals surface area contributed by atoms with Crippen LogP contribution in [0.3, 0.4) is 0 Å². The molecule has 0 atom stereocenters. The number of hydrogen-bond acceptors (Lipinski definition) is 6. The maximum Gasteiger partial charge on any atom is 0.269 e. The van der Waals surface area contributed by atoms with Gasteiger partial charge in [0.2, 0.25) is 0 Å². The summed E-state index contributed by atoms with van der Waals surface area (Å²) in [5, 5.41) is 10.8. The van der Waals surface area contributed by atoms with Gasteiger partial charge in [0.25, 0.3) is 11.2 Å². The SMILES string of the molecule is CC(C)(C)c1nc2c(c(=O)[nH]1)CN(Cc1ccc(-c3ccc([N+](=O)[O-])cc3)o1)CC2. The van der Waals surface area contributed by atoms with Crippen LogP contribution in [0.4, 0.5) is 5.69 Å². The lowest BCUT2D eigenvalue weighted by atomic mass is 9.95. The molecule has 1 N–H and O–H groups in total. The van der Waals surface area contributed by atoms with Crippen molar-refractivity contribution in [3.8, 4) is 11.3 Å². The maximum absolute atomic E-state index is 12.6. The Morgan fingerprint density at radius 3 is 2.60 bits per heavy atom. The van der Waals surface area contributed by atoms with Crippen molar-refractivity contribution < 1.29 is 9.34 Å². The first kappa shape index (κ1) is 20.0. The second-order valence-corrected chi connectivity index (χ2v) is 8.62. The summed E-state index contributed by atoms with van der Waals surface area (Å²) in [6.45, 7) is 7.99. The Labute approximate surface area is 173 Å².